The minimum absolute atomic E-state index is 0.0911. The maximum absolute atomic E-state index is 13.2. The van der Waals surface area contributed by atoms with Gasteiger partial charge in [-0.2, -0.15) is 0 Å². The van der Waals surface area contributed by atoms with E-state index in [1.54, 1.807) is 6.07 Å². The molecular weight excluding hydrogens is 257 g/mol. The Morgan fingerprint density at radius 1 is 1.50 bits per heavy atom. The highest BCUT2D eigenvalue weighted by molar-refractivity contribution is 6.02. The summed E-state index contributed by atoms with van der Waals surface area (Å²) in [5.74, 6) is -0.413. The zero-order valence-corrected chi connectivity index (χ0v) is 11.7. The van der Waals surface area contributed by atoms with Crippen molar-refractivity contribution in [1.82, 2.24) is 10.2 Å². The fourth-order valence-corrected chi connectivity index (χ4v) is 3.23. The molecule has 2 unspecified atom stereocenters. The van der Waals surface area contributed by atoms with Crippen molar-refractivity contribution in [3.05, 3.63) is 29.6 Å². The van der Waals surface area contributed by atoms with Gasteiger partial charge in [-0.3, -0.25) is 9.69 Å². The monoisotopic (exact) mass is 277 g/mol. The summed E-state index contributed by atoms with van der Waals surface area (Å²) in [5, 5.41) is 6.07. The second kappa shape index (κ2) is 5.50. The Hall–Kier alpha value is -1.46. The highest BCUT2D eigenvalue weighted by Gasteiger charge is 2.32. The first-order valence-corrected chi connectivity index (χ1v) is 7.26. The Kier molecular flexibility index (Phi) is 3.72. The summed E-state index contributed by atoms with van der Waals surface area (Å²) in [7, 11) is 0. The Morgan fingerprint density at radius 3 is 3.15 bits per heavy atom. The Morgan fingerprint density at radius 2 is 2.35 bits per heavy atom. The van der Waals surface area contributed by atoms with Gasteiger partial charge in [0.05, 0.1) is 0 Å². The topological polar surface area (TPSA) is 44.4 Å². The first-order valence-electron chi connectivity index (χ1n) is 7.26. The Labute approximate surface area is 118 Å². The van der Waals surface area contributed by atoms with E-state index in [1.807, 2.05) is 0 Å². The van der Waals surface area contributed by atoms with E-state index < -0.39 is 0 Å². The predicted octanol–water partition coefficient (Wildman–Crippen LogP) is 1.89. The van der Waals surface area contributed by atoms with Crippen LogP contribution in [0.3, 0.4) is 0 Å². The molecule has 1 aromatic rings. The van der Waals surface area contributed by atoms with Gasteiger partial charge in [-0.15, -0.1) is 0 Å². The number of anilines is 1. The quantitative estimate of drug-likeness (QED) is 0.883. The largest absolute Gasteiger partial charge is 0.324 e. The highest BCUT2D eigenvalue weighted by atomic mass is 19.1. The smallest absolute Gasteiger partial charge is 0.246 e. The lowest BCUT2D eigenvalue weighted by atomic mass is 10.1. The number of hydrogen-bond acceptors (Lipinski definition) is 3. The number of hydrogen-bond donors (Lipinski definition) is 2. The predicted molar refractivity (Wildman–Crippen MR) is 76.0 cm³/mol. The summed E-state index contributed by atoms with van der Waals surface area (Å²) >= 11 is 0. The molecule has 0 aliphatic carbocycles. The van der Waals surface area contributed by atoms with Gasteiger partial charge in [0, 0.05) is 23.8 Å². The van der Waals surface area contributed by atoms with Crippen LogP contribution in [0, 0.1) is 5.82 Å². The molecule has 0 radical (unpaired) electrons. The molecule has 0 saturated carbocycles. The van der Waals surface area contributed by atoms with E-state index in [9.17, 15) is 9.18 Å². The molecule has 0 spiro atoms. The number of likely N-dealkylation sites (tertiary alicyclic amines) is 1. The number of amides is 1. The molecule has 1 amide bonds. The molecule has 20 heavy (non-hydrogen) atoms. The van der Waals surface area contributed by atoms with E-state index in [0.29, 0.717) is 11.7 Å². The number of rotatable bonds is 4. The third kappa shape index (κ3) is 2.43. The van der Waals surface area contributed by atoms with E-state index in [1.165, 1.54) is 25.0 Å². The lowest BCUT2D eigenvalue weighted by Crippen LogP contribution is -2.40. The number of carbonyl (C=O) groups excluding carboxylic acids is 1. The van der Waals surface area contributed by atoms with E-state index >= 15 is 0 Å². The van der Waals surface area contributed by atoms with Gasteiger partial charge < -0.3 is 10.6 Å². The van der Waals surface area contributed by atoms with Crippen LogP contribution in [0.15, 0.2) is 18.2 Å². The summed E-state index contributed by atoms with van der Waals surface area (Å²) in [5.41, 5.74) is 1.43. The molecule has 2 N–H and O–H groups in total. The molecule has 2 aliphatic heterocycles. The van der Waals surface area contributed by atoms with Crippen LogP contribution in [0.4, 0.5) is 10.1 Å². The maximum Gasteiger partial charge on any atom is 0.246 e. The van der Waals surface area contributed by atoms with Crippen molar-refractivity contribution in [2.45, 2.75) is 31.8 Å². The summed E-state index contributed by atoms with van der Waals surface area (Å²) < 4.78 is 13.2. The van der Waals surface area contributed by atoms with E-state index in [4.69, 9.17) is 0 Å². The molecule has 5 heteroatoms. The van der Waals surface area contributed by atoms with Crippen LogP contribution in [-0.2, 0) is 4.79 Å². The van der Waals surface area contributed by atoms with Crippen molar-refractivity contribution in [2.24, 2.45) is 0 Å². The number of fused-ring (bicyclic) bond motifs is 1. The van der Waals surface area contributed by atoms with Crippen LogP contribution < -0.4 is 10.6 Å². The van der Waals surface area contributed by atoms with Crippen molar-refractivity contribution in [3.8, 4) is 0 Å². The summed E-state index contributed by atoms with van der Waals surface area (Å²) in [6.07, 6.45) is 2.39. The normalized spacial score (nSPS) is 25.8. The second-order valence-corrected chi connectivity index (χ2v) is 5.49. The number of likely N-dealkylation sites (N-methyl/N-ethyl adjacent to an activating group) is 1. The number of nitrogens with zero attached hydrogens (tertiary/aromatic N) is 1. The van der Waals surface area contributed by atoms with E-state index in [2.05, 4.69) is 22.5 Å². The van der Waals surface area contributed by atoms with Crippen molar-refractivity contribution in [1.29, 1.82) is 0 Å². The molecule has 3 rings (SSSR count). The lowest BCUT2D eigenvalue weighted by molar-refractivity contribution is -0.117. The van der Waals surface area contributed by atoms with Crippen LogP contribution in [-0.4, -0.2) is 36.5 Å². The van der Waals surface area contributed by atoms with Crippen molar-refractivity contribution < 1.29 is 9.18 Å². The first-order chi connectivity index (χ1) is 9.69. The molecule has 2 heterocycles. The van der Waals surface area contributed by atoms with Crippen LogP contribution in [0.5, 0.6) is 0 Å². The molecule has 1 fully saturated rings. The van der Waals surface area contributed by atoms with Gasteiger partial charge in [0.1, 0.15) is 11.9 Å². The minimum Gasteiger partial charge on any atom is -0.324 e. The maximum atomic E-state index is 13.2. The first kappa shape index (κ1) is 13.5. The van der Waals surface area contributed by atoms with Crippen molar-refractivity contribution in [3.63, 3.8) is 0 Å². The fourth-order valence-electron chi connectivity index (χ4n) is 3.23. The number of halogens is 1. The number of benzene rings is 1. The minimum atomic E-state index is -0.357. The van der Waals surface area contributed by atoms with Gasteiger partial charge in [-0.05, 0) is 38.1 Å². The standard InChI is InChI=1S/C15H20FN3O/c1-2-19-7-3-4-11(19)9-17-14-12-6-5-10(16)8-13(12)18-15(14)20/h5-6,8,11,14,17H,2-4,7,9H2,1H3,(H,18,20). The van der Waals surface area contributed by atoms with Gasteiger partial charge in [0.25, 0.3) is 0 Å². The zero-order valence-electron chi connectivity index (χ0n) is 11.7. The molecular formula is C15H20FN3O. The second-order valence-electron chi connectivity index (χ2n) is 5.49. The SMILES string of the molecule is CCN1CCCC1CNC1C(=O)Nc2cc(F)ccc21. The average Bonchev–Trinajstić information content (AvgIpc) is 2.99. The van der Waals surface area contributed by atoms with Crippen LogP contribution in [0.25, 0.3) is 0 Å². The zero-order chi connectivity index (χ0) is 14.1. The molecule has 2 atom stereocenters. The average molecular weight is 277 g/mol. The van der Waals surface area contributed by atoms with E-state index in [0.717, 1.165) is 25.2 Å². The van der Waals surface area contributed by atoms with Crippen LogP contribution in [0.2, 0.25) is 0 Å². The molecule has 108 valence electrons. The van der Waals surface area contributed by atoms with Gasteiger partial charge in [-0.1, -0.05) is 13.0 Å². The summed E-state index contributed by atoms with van der Waals surface area (Å²) in [4.78, 5) is 14.4. The molecule has 0 bridgehead atoms. The molecule has 1 aromatic carbocycles. The summed E-state index contributed by atoms with van der Waals surface area (Å²) in [6.45, 7) is 5.15. The van der Waals surface area contributed by atoms with E-state index in [-0.39, 0.29) is 17.8 Å². The fraction of sp³-hybridized carbons (Fsp3) is 0.533. The van der Waals surface area contributed by atoms with Crippen molar-refractivity contribution >= 4 is 11.6 Å². The summed E-state index contributed by atoms with van der Waals surface area (Å²) in [6, 6.07) is 4.61. The lowest BCUT2D eigenvalue weighted by Gasteiger charge is -2.24. The molecule has 2 aliphatic rings. The number of nitrogens with one attached hydrogen (secondary N) is 2. The van der Waals surface area contributed by atoms with Crippen LogP contribution in [0.1, 0.15) is 31.4 Å². The van der Waals surface area contributed by atoms with Gasteiger partial charge in [0.15, 0.2) is 0 Å². The van der Waals surface area contributed by atoms with Crippen molar-refractivity contribution in [2.75, 3.05) is 25.0 Å². The molecule has 0 aromatic heterocycles. The Bertz CT molecular complexity index is 520. The van der Waals surface area contributed by atoms with Gasteiger partial charge in [-0.25, -0.2) is 4.39 Å². The number of carbonyl (C=O) groups is 1. The van der Waals surface area contributed by atoms with Gasteiger partial charge in [0.2, 0.25) is 5.91 Å². The molecule has 4 nitrogen and oxygen atoms in total. The third-order valence-electron chi connectivity index (χ3n) is 4.31. The molecule has 1 saturated heterocycles. The highest BCUT2D eigenvalue weighted by Crippen LogP contribution is 2.31. The van der Waals surface area contributed by atoms with Crippen LogP contribution >= 0.6 is 0 Å². The third-order valence-corrected chi connectivity index (χ3v) is 4.31. The Balaban J connectivity index is 1.68. The van der Waals surface area contributed by atoms with Gasteiger partial charge >= 0.3 is 0 Å².